The highest BCUT2D eigenvalue weighted by atomic mass is 35.5. The summed E-state index contributed by atoms with van der Waals surface area (Å²) in [6.45, 7) is 0.601. The summed E-state index contributed by atoms with van der Waals surface area (Å²) < 4.78 is 33.0. The summed E-state index contributed by atoms with van der Waals surface area (Å²) in [5, 5.41) is 4.84. The molecule has 0 radical (unpaired) electrons. The van der Waals surface area contributed by atoms with E-state index in [-0.39, 0.29) is 28.6 Å². The van der Waals surface area contributed by atoms with Crippen LogP contribution in [0.5, 0.6) is 5.75 Å². The highest BCUT2D eigenvalue weighted by Crippen LogP contribution is 2.21. The van der Waals surface area contributed by atoms with Gasteiger partial charge >= 0.3 is 0 Å². The minimum atomic E-state index is -3.81. The lowest BCUT2D eigenvalue weighted by atomic mass is 10.2. The number of para-hydroxylation sites is 1. The average molecular weight is 451 g/mol. The van der Waals surface area contributed by atoms with Crippen LogP contribution < -0.4 is 14.8 Å². The number of hydrogen-bond acceptors (Lipinski definition) is 5. The number of ether oxygens (including phenoxy) is 1. The molecule has 3 rings (SSSR count). The number of sulfonamides is 1. The molecule has 2 aromatic carbocycles. The van der Waals surface area contributed by atoms with Gasteiger partial charge in [-0.15, -0.1) is 11.3 Å². The molecule has 1 amide bonds. The second kappa shape index (κ2) is 9.89. The SMILES string of the molecule is O=C(NCc1cccs1)c1cc(S(=O)(=O)NCCOc2ccccc2)ccc1Cl. The first-order valence-electron chi connectivity index (χ1n) is 8.73. The maximum Gasteiger partial charge on any atom is 0.253 e. The Bertz CT molecular complexity index is 1060. The summed E-state index contributed by atoms with van der Waals surface area (Å²) >= 11 is 7.62. The van der Waals surface area contributed by atoms with Crippen molar-refractivity contribution in [3.05, 3.63) is 81.5 Å². The zero-order chi connectivity index (χ0) is 20.7. The zero-order valence-corrected chi connectivity index (χ0v) is 17.7. The summed E-state index contributed by atoms with van der Waals surface area (Å²) in [6.07, 6.45) is 0. The van der Waals surface area contributed by atoms with Gasteiger partial charge in [0.1, 0.15) is 12.4 Å². The Morgan fingerprint density at radius 1 is 1.07 bits per heavy atom. The van der Waals surface area contributed by atoms with Gasteiger partial charge < -0.3 is 10.1 Å². The normalized spacial score (nSPS) is 11.2. The van der Waals surface area contributed by atoms with E-state index in [1.54, 1.807) is 12.1 Å². The minimum absolute atomic E-state index is 0.0390. The molecule has 0 atom stereocenters. The van der Waals surface area contributed by atoms with Crippen molar-refractivity contribution < 1.29 is 17.9 Å². The molecular formula is C20H19ClN2O4S2. The lowest BCUT2D eigenvalue weighted by Crippen LogP contribution is -2.29. The molecule has 0 saturated carbocycles. The van der Waals surface area contributed by atoms with E-state index in [1.165, 1.54) is 29.5 Å². The number of rotatable bonds is 9. The lowest BCUT2D eigenvalue weighted by Gasteiger charge is -2.11. The molecule has 6 nitrogen and oxygen atoms in total. The zero-order valence-electron chi connectivity index (χ0n) is 15.3. The number of amides is 1. The van der Waals surface area contributed by atoms with Gasteiger partial charge in [0.2, 0.25) is 10.0 Å². The van der Waals surface area contributed by atoms with Gasteiger partial charge in [0, 0.05) is 11.4 Å². The highest BCUT2D eigenvalue weighted by Gasteiger charge is 2.18. The van der Waals surface area contributed by atoms with Gasteiger partial charge in [-0.25, -0.2) is 13.1 Å². The van der Waals surface area contributed by atoms with Crippen LogP contribution in [0.3, 0.4) is 0 Å². The van der Waals surface area contributed by atoms with Crippen molar-refractivity contribution in [2.24, 2.45) is 0 Å². The molecule has 1 aromatic heterocycles. The summed E-state index contributed by atoms with van der Waals surface area (Å²) in [5.74, 6) is 0.218. The molecule has 0 saturated heterocycles. The van der Waals surface area contributed by atoms with Crippen molar-refractivity contribution in [1.29, 1.82) is 0 Å². The molecule has 0 bridgehead atoms. The van der Waals surface area contributed by atoms with Crippen molar-refractivity contribution in [1.82, 2.24) is 10.0 Å². The molecule has 0 aliphatic carbocycles. The fourth-order valence-electron chi connectivity index (χ4n) is 2.47. The molecule has 1 heterocycles. The Morgan fingerprint density at radius 2 is 1.86 bits per heavy atom. The number of thiophene rings is 1. The van der Waals surface area contributed by atoms with E-state index in [2.05, 4.69) is 10.0 Å². The Kier molecular flexibility index (Phi) is 7.27. The Labute approximate surface area is 178 Å². The molecule has 0 spiro atoms. The van der Waals surface area contributed by atoms with E-state index >= 15 is 0 Å². The van der Waals surface area contributed by atoms with E-state index in [4.69, 9.17) is 16.3 Å². The van der Waals surface area contributed by atoms with Crippen LogP contribution >= 0.6 is 22.9 Å². The highest BCUT2D eigenvalue weighted by molar-refractivity contribution is 7.89. The van der Waals surface area contributed by atoms with Crippen molar-refractivity contribution in [2.75, 3.05) is 13.2 Å². The predicted molar refractivity (Wildman–Crippen MR) is 114 cm³/mol. The van der Waals surface area contributed by atoms with Crippen LogP contribution in [0, 0.1) is 0 Å². The molecule has 2 N–H and O–H groups in total. The van der Waals surface area contributed by atoms with Crippen molar-refractivity contribution in [3.8, 4) is 5.75 Å². The monoisotopic (exact) mass is 450 g/mol. The minimum Gasteiger partial charge on any atom is -0.492 e. The van der Waals surface area contributed by atoms with E-state index < -0.39 is 15.9 Å². The van der Waals surface area contributed by atoms with Gasteiger partial charge in [0.05, 0.1) is 22.0 Å². The average Bonchev–Trinajstić information content (AvgIpc) is 3.24. The first kappa shape index (κ1) is 21.3. The molecule has 0 unspecified atom stereocenters. The van der Waals surface area contributed by atoms with Crippen LogP contribution in [0.25, 0.3) is 0 Å². The molecule has 3 aromatic rings. The van der Waals surface area contributed by atoms with Crippen LogP contribution in [-0.2, 0) is 16.6 Å². The first-order valence-corrected chi connectivity index (χ1v) is 11.5. The quantitative estimate of drug-likeness (QED) is 0.487. The van der Waals surface area contributed by atoms with Gasteiger partial charge in [0.25, 0.3) is 5.91 Å². The third kappa shape index (κ3) is 6.04. The van der Waals surface area contributed by atoms with E-state index in [1.807, 2.05) is 35.7 Å². The fourth-order valence-corrected chi connectivity index (χ4v) is 4.35. The standard InChI is InChI=1S/C20H19ClN2O4S2/c21-19-9-8-17(13-18(19)20(24)22-14-16-7-4-12-28-16)29(25,26)23-10-11-27-15-5-2-1-3-6-15/h1-9,12-13,23H,10-11,14H2,(H,22,24). The number of nitrogens with one attached hydrogen (secondary N) is 2. The van der Waals surface area contributed by atoms with Gasteiger partial charge in [-0.2, -0.15) is 0 Å². The maximum absolute atomic E-state index is 12.5. The molecule has 9 heteroatoms. The molecule has 152 valence electrons. The molecule has 0 fully saturated rings. The van der Waals surface area contributed by atoms with Crippen LogP contribution in [-0.4, -0.2) is 27.5 Å². The van der Waals surface area contributed by atoms with Crippen LogP contribution in [0.2, 0.25) is 5.02 Å². The number of benzene rings is 2. The number of hydrogen-bond donors (Lipinski definition) is 2. The largest absolute Gasteiger partial charge is 0.492 e. The first-order chi connectivity index (χ1) is 14.0. The van der Waals surface area contributed by atoms with E-state index in [9.17, 15) is 13.2 Å². The Morgan fingerprint density at radius 3 is 2.59 bits per heavy atom. The molecule has 0 aliphatic rings. The summed E-state index contributed by atoms with van der Waals surface area (Å²) in [5.41, 5.74) is 0.103. The van der Waals surface area contributed by atoms with Crippen LogP contribution in [0.1, 0.15) is 15.2 Å². The molecule has 0 aliphatic heterocycles. The second-order valence-electron chi connectivity index (χ2n) is 5.96. The van der Waals surface area contributed by atoms with Crippen LogP contribution in [0.15, 0.2) is 70.9 Å². The Balaban J connectivity index is 1.61. The van der Waals surface area contributed by atoms with Gasteiger partial charge in [-0.3, -0.25) is 4.79 Å². The topological polar surface area (TPSA) is 84.5 Å². The third-order valence-electron chi connectivity index (χ3n) is 3.90. The lowest BCUT2D eigenvalue weighted by molar-refractivity contribution is 0.0951. The molecular weight excluding hydrogens is 432 g/mol. The smallest absolute Gasteiger partial charge is 0.253 e. The third-order valence-corrected chi connectivity index (χ3v) is 6.57. The number of carbonyl (C=O) groups is 1. The van der Waals surface area contributed by atoms with Crippen molar-refractivity contribution in [2.45, 2.75) is 11.4 Å². The van der Waals surface area contributed by atoms with Gasteiger partial charge in [-0.1, -0.05) is 35.9 Å². The van der Waals surface area contributed by atoms with Gasteiger partial charge in [-0.05, 0) is 41.8 Å². The number of carbonyl (C=O) groups excluding carboxylic acids is 1. The molecule has 29 heavy (non-hydrogen) atoms. The summed E-state index contributed by atoms with van der Waals surface area (Å²) in [4.78, 5) is 13.4. The summed E-state index contributed by atoms with van der Waals surface area (Å²) in [7, 11) is -3.81. The van der Waals surface area contributed by atoms with Gasteiger partial charge in [0.15, 0.2) is 0 Å². The van der Waals surface area contributed by atoms with Crippen LogP contribution in [0.4, 0.5) is 0 Å². The van der Waals surface area contributed by atoms with E-state index in [0.29, 0.717) is 12.3 Å². The van der Waals surface area contributed by atoms with Crippen molar-refractivity contribution >= 4 is 38.9 Å². The maximum atomic E-state index is 12.5. The van der Waals surface area contributed by atoms with E-state index in [0.717, 1.165) is 4.88 Å². The van der Waals surface area contributed by atoms with Crippen molar-refractivity contribution in [3.63, 3.8) is 0 Å². The summed E-state index contributed by atoms with van der Waals surface area (Å²) in [6, 6.07) is 16.9. The predicted octanol–water partition coefficient (Wildman–Crippen LogP) is 3.69. The second-order valence-corrected chi connectivity index (χ2v) is 9.17. The fraction of sp³-hybridized carbons (Fsp3) is 0.150. The Hall–Kier alpha value is -2.39. The number of halogens is 1.